The number of methoxy groups -OCH3 is 2. The van der Waals surface area contributed by atoms with E-state index in [0.29, 0.717) is 17.2 Å². The van der Waals surface area contributed by atoms with Crippen LogP contribution in [0.4, 0.5) is 5.69 Å². The van der Waals surface area contributed by atoms with Gasteiger partial charge in [0.05, 0.1) is 32.2 Å². The van der Waals surface area contributed by atoms with Gasteiger partial charge in [0.25, 0.3) is 0 Å². The third-order valence-electron chi connectivity index (χ3n) is 8.72. The highest BCUT2D eigenvalue weighted by molar-refractivity contribution is 6.02. The van der Waals surface area contributed by atoms with E-state index < -0.39 is 29.6 Å². The van der Waals surface area contributed by atoms with Gasteiger partial charge in [0.1, 0.15) is 23.1 Å². The van der Waals surface area contributed by atoms with Crippen LogP contribution in [0.5, 0.6) is 11.5 Å². The summed E-state index contributed by atoms with van der Waals surface area (Å²) in [7, 11) is 3.17. The molecule has 210 valence electrons. The number of hydrogen-bond acceptors (Lipinski definition) is 6. The molecule has 2 aromatic rings. The minimum Gasteiger partial charge on any atom is -0.497 e. The van der Waals surface area contributed by atoms with Gasteiger partial charge in [0.2, 0.25) is 17.7 Å². The van der Waals surface area contributed by atoms with Gasteiger partial charge >= 0.3 is 0 Å². The number of benzene rings is 2. The molecule has 2 aromatic carbocycles. The Labute approximate surface area is 233 Å². The van der Waals surface area contributed by atoms with Gasteiger partial charge in [0.15, 0.2) is 0 Å². The number of nitrogens with zero attached hydrogens (tertiary/aromatic N) is 1. The highest BCUT2D eigenvalue weighted by Crippen LogP contribution is 2.55. The average Bonchev–Trinajstić information content (AvgIpc) is 3.61. The Morgan fingerprint density at radius 2 is 1.75 bits per heavy atom. The molecule has 3 aliphatic heterocycles. The van der Waals surface area contributed by atoms with Crippen molar-refractivity contribution in [3.05, 3.63) is 66.2 Å². The second kappa shape index (κ2) is 10.6. The number of carbonyl (C=O) groups is 3. The highest BCUT2D eigenvalue weighted by Gasteiger charge is 2.72. The van der Waals surface area contributed by atoms with E-state index >= 15 is 0 Å². The zero-order valence-corrected chi connectivity index (χ0v) is 22.8. The first-order chi connectivity index (χ1) is 19.4. The molecule has 2 saturated heterocycles. The van der Waals surface area contributed by atoms with Crippen LogP contribution in [0, 0.1) is 11.8 Å². The molecule has 1 spiro atoms. The Balaban J connectivity index is 1.31. The van der Waals surface area contributed by atoms with Gasteiger partial charge < -0.3 is 29.7 Å². The molecule has 3 amide bonds. The summed E-state index contributed by atoms with van der Waals surface area (Å²) in [4.78, 5) is 43.4. The Morgan fingerprint density at radius 3 is 2.48 bits per heavy atom. The van der Waals surface area contributed by atoms with E-state index in [1.165, 1.54) is 6.42 Å². The van der Waals surface area contributed by atoms with E-state index in [-0.39, 0.29) is 30.3 Å². The predicted molar refractivity (Wildman–Crippen MR) is 148 cm³/mol. The molecule has 9 heteroatoms. The van der Waals surface area contributed by atoms with Gasteiger partial charge in [-0.25, -0.2) is 0 Å². The summed E-state index contributed by atoms with van der Waals surface area (Å²) in [6.07, 6.45) is 8.24. The van der Waals surface area contributed by atoms with E-state index in [1.54, 1.807) is 43.4 Å². The Kier molecular flexibility index (Phi) is 7.00. The van der Waals surface area contributed by atoms with E-state index in [0.717, 1.165) is 31.2 Å². The SMILES string of the molecule is COc1ccc(NC(=O)[C@@H]2[C@@H]3C=C[C@]4(O3)[C@@H]2C(=O)N(Cc2cccc(OC)c2)[C@H]4C(=O)NC2CCCCC2)cc1. The standard InChI is InChI=1S/C31H35N3O6/c1-38-22-13-11-21(12-14-22)32-28(35)25-24-15-16-31(40-24)26(25)30(37)34(18-19-7-6-10-23(17-19)39-2)27(31)29(36)33-20-8-4-3-5-9-20/h6-7,10-17,20,24-27H,3-5,8-9,18H2,1-2H3,(H,32,35)(H,33,36)/t24-,25+,26-,27-,31-/m0/s1. The van der Waals surface area contributed by atoms with Crippen LogP contribution in [0.3, 0.4) is 0 Å². The van der Waals surface area contributed by atoms with E-state index in [4.69, 9.17) is 14.2 Å². The van der Waals surface area contributed by atoms with E-state index in [2.05, 4.69) is 10.6 Å². The first-order valence-electron chi connectivity index (χ1n) is 14.0. The maximum atomic E-state index is 14.2. The number of anilines is 1. The van der Waals surface area contributed by atoms with Crippen molar-refractivity contribution >= 4 is 23.4 Å². The molecule has 0 aromatic heterocycles. The molecule has 1 aliphatic carbocycles. The van der Waals surface area contributed by atoms with Crippen molar-refractivity contribution in [1.82, 2.24) is 10.2 Å². The molecule has 0 radical (unpaired) electrons. The van der Waals surface area contributed by atoms with Crippen molar-refractivity contribution in [2.24, 2.45) is 11.8 Å². The number of nitrogens with one attached hydrogen (secondary N) is 2. The fourth-order valence-electron chi connectivity index (χ4n) is 6.83. The summed E-state index contributed by atoms with van der Waals surface area (Å²) in [5.74, 6) is -1.03. The number of carbonyl (C=O) groups excluding carboxylic acids is 3. The molecule has 9 nitrogen and oxygen atoms in total. The molecular weight excluding hydrogens is 510 g/mol. The Bertz CT molecular complexity index is 1320. The normalized spacial score (nSPS) is 28.9. The summed E-state index contributed by atoms with van der Waals surface area (Å²) in [5, 5.41) is 6.16. The number of amides is 3. The minimum absolute atomic E-state index is 0.0715. The third-order valence-corrected chi connectivity index (χ3v) is 8.72. The van der Waals surface area contributed by atoms with Crippen LogP contribution in [0.2, 0.25) is 0 Å². The van der Waals surface area contributed by atoms with Crippen molar-refractivity contribution in [2.45, 2.75) is 62.4 Å². The molecule has 3 fully saturated rings. The zero-order valence-electron chi connectivity index (χ0n) is 22.8. The molecule has 1 saturated carbocycles. The second-order valence-electron chi connectivity index (χ2n) is 11.1. The van der Waals surface area contributed by atoms with Crippen LogP contribution in [-0.4, -0.2) is 60.6 Å². The monoisotopic (exact) mass is 545 g/mol. The van der Waals surface area contributed by atoms with Crippen molar-refractivity contribution in [3.8, 4) is 11.5 Å². The van der Waals surface area contributed by atoms with Gasteiger partial charge in [-0.05, 0) is 54.8 Å². The number of hydrogen-bond donors (Lipinski definition) is 2. The fraction of sp³-hybridized carbons (Fsp3) is 0.452. The second-order valence-corrected chi connectivity index (χ2v) is 11.1. The quantitative estimate of drug-likeness (QED) is 0.493. The molecular formula is C31H35N3O6. The largest absolute Gasteiger partial charge is 0.497 e. The topological polar surface area (TPSA) is 106 Å². The van der Waals surface area contributed by atoms with Gasteiger partial charge in [0, 0.05) is 18.3 Å². The molecule has 3 heterocycles. The first kappa shape index (κ1) is 26.4. The highest BCUT2D eigenvalue weighted by atomic mass is 16.5. The first-order valence-corrected chi connectivity index (χ1v) is 14.0. The lowest BCUT2D eigenvalue weighted by atomic mass is 9.74. The van der Waals surface area contributed by atoms with Crippen LogP contribution in [0.15, 0.2) is 60.7 Å². The predicted octanol–water partition coefficient (Wildman–Crippen LogP) is 3.44. The average molecular weight is 546 g/mol. The van der Waals surface area contributed by atoms with E-state index in [9.17, 15) is 14.4 Å². The lowest BCUT2D eigenvalue weighted by Gasteiger charge is -2.34. The van der Waals surface area contributed by atoms with Crippen LogP contribution >= 0.6 is 0 Å². The fourth-order valence-corrected chi connectivity index (χ4v) is 6.83. The summed E-state index contributed by atoms with van der Waals surface area (Å²) in [5.41, 5.74) is 0.218. The summed E-state index contributed by atoms with van der Waals surface area (Å²) >= 11 is 0. The van der Waals surface area contributed by atoms with Gasteiger partial charge in [-0.3, -0.25) is 14.4 Å². The lowest BCUT2D eigenvalue weighted by Crippen LogP contribution is -2.56. The number of rotatable bonds is 8. The summed E-state index contributed by atoms with van der Waals surface area (Å²) < 4.78 is 17.1. The van der Waals surface area contributed by atoms with Crippen molar-refractivity contribution in [3.63, 3.8) is 0 Å². The third kappa shape index (κ3) is 4.52. The smallest absolute Gasteiger partial charge is 0.246 e. The van der Waals surface area contributed by atoms with Gasteiger partial charge in [-0.15, -0.1) is 0 Å². The molecule has 6 rings (SSSR count). The number of likely N-dealkylation sites (tertiary alicyclic amines) is 1. The van der Waals surface area contributed by atoms with Crippen molar-refractivity contribution in [1.29, 1.82) is 0 Å². The molecule has 5 atom stereocenters. The number of ether oxygens (including phenoxy) is 3. The number of fused-ring (bicyclic) bond motifs is 1. The molecule has 2 bridgehead atoms. The van der Waals surface area contributed by atoms with Crippen LogP contribution in [0.1, 0.15) is 37.7 Å². The summed E-state index contributed by atoms with van der Waals surface area (Å²) in [6.45, 7) is 0.200. The minimum atomic E-state index is -1.21. The van der Waals surface area contributed by atoms with Crippen molar-refractivity contribution < 1.29 is 28.6 Å². The van der Waals surface area contributed by atoms with Crippen LogP contribution < -0.4 is 20.1 Å². The molecule has 40 heavy (non-hydrogen) atoms. The summed E-state index contributed by atoms with van der Waals surface area (Å²) in [6, 6.07) is 13.7. The Hall–Kier alpha value is -3.85. The zero-order chi connectivity index (χ0) is 27.9. The maximum Gasteiger partial charge on any atom is 0.246 e. The van der Waals surface area contributed by atoms with E-state index in [1.807, 2.05) is 36.4 Å². The lowest BCUT2D eigenvalue weighted by molar-refractivity contribution is -0.142. The maximum absolute atomic E-state index is 14.2. The molecule has 0 unspecified atom stereocenters. The van der Waals surface area contributed by atoms with Crippen molar-refractivity contribution in [2.75, 3.05) is 19.5 Å². The molecule has 4 aliphatic rings. The van der Waals surface area contributed by atoms with Crippen LogP contribution in [-0.2, 0) is 25.7 Å². The molecule has 2 N–H and O–H groups in total. The van der Waals surface area contributed by atoms with Gasteiger partial charge in [-0.2, -0.15) is 0 Å². The van der Waals surface area contributed by atoms with Crippen LogP contribution in [0.25, 0.3) is 0 Å². The van der Waals surface area contributed by atoms with Gasteiger partial charge in [-0.1, -0.05) is 43.5 Å². The Morgan fingerprint density at radius 1 is 1.00 bits per heavy atom.